The van der Waals surface area contributed by atoms with E-state index in [1.807, 2.05) is 78.9 Å². The molecule has 49 heavy (non-hydrogen) atoms. The molecule has 6 nitrogen and oxygen atoms in total. The maximum absolute atomic E-state index is 14.2. The molecule has 2 atom stereocenters. The molecule has 4 aromatic carbocycles. The van der Waals surface area contributed by atoms with Gasteiger partial charge in [0.15, 0.2) is 0 Å². The van der Waals surface area contributed by atoms with Crippen LogP contribution in [0, 0.1) is 0 Å². The number of aromatic nitrogens is 1. The van der Waals surface area contributed by atoms with E-state index in [9.17, 15) is 35.9 Å². The predicted molar refractivity (Wildman–Crippen MR) is 172 cm³/mol. The zero-order valence-electron chi connectivity index (χ0n) is 26.5. The van der Waals surface area contributed by atoms with Crippen LogP contribution in [0.1, 0.15) is 39.3 Å². The van der Waals surface area contributed by atoms with E-state index < -0.39 is 65.5 Å². The lowest BCUT2D eigenvalue weighted by Gasteiger charge is -2.33. The van der Waals surface area contributed by atoms with Gasteiger partial charge in [0, 0.05) is 29.4 Å². The quantitative estimate of drug-likeness (QED) is 0.111. The Kier molecular flexibility index (Phi) is 10.5. The molecule has 0 fully saturated rings. The van der Waals surface area contributed by atoms with Crippen molar-refractivity contribution in [2.45, 2.75) is 43.4 Å². The number of likely N-dealkylation sites (N-methyl/N-ethyl adjacent to an activating group) is 1. The Morgan fingerprint density at radius 2 is 1.31 bits per heavy atom. The van der Waals surface area contributed by atoms with Gasteiger partial charge in [-0.2, -0.15) is 26.3 Å². The summed E-state index contributed by atoms with van der Waals surface area (Å²) in [5.41, 5.74) is -0.490. The van der Waals surface area contributed by atoms with Crippen molar-refractivity contribution in [2.24, 2.45) is 0 Å². The van der Waals surface area contributed by atoms with Crippen LogP contribution in [0.3, 0.4) is 0 Å². The van der Waals surface area contributed by atoms with Crippen LogP contribution in [0.15, 0.2) is 109 Å². The smallest absolute Gasteiger partial charge is 0.416 e. The first kappa shape index (κ1) is 35.2. The van der Waals surface area contributed by atoms with Crippen molar-refractivity contribution >= 4 is 22.8 Å². The van der Waals surface area contributed by atoms with Crippen LogP contribution in [0.4, 0.5) is 26.3 Å². The van der Waals surface area contributed by atoms with Crippen LogP contribution in [0.25, 0.3) is 10.9 Å². The number of aromatic amines is 1. The highest BCUT2D eigenvalue weighted by Gasteiger charge is 2.38. The van der Waals surface area contributed by atoms with Gasteiger partial charge in [-0.1, -0.05) is 78.9 Å². The Bertz CT molecular complexity index is 1820. The highest BCUT2D eigenvalue weighted by atomic mass is 19.4. The molecule has 0 saturated heterocycles. The van der Waals surface area contributed by atoms with E-state index in [0.717, 1.165) is 22.0 Å². The number of ether oxygens (including phenoxy) is 1. The summed E-state index contributed by atoms with van der Waals surface area (Å²) in [6.07, 6.45) is -8.55. The highest BCUT2D eigenvalue weighted by Crippen LogP contribution is 2.37. The Hall–Kier alpha value is -5.10. The predicted octanol–water partition coefficient (Wildman–Crippen LogP) is 7.74. The lowest BCUT2D eigenvalue weighted by Crippen LogP contribution is -2.53. The van der Waals surface area contributed by atoms with Crippen molar-refractivity contribution in [3.8, 4) is 0 Å². The molecule has 0 aliphatic rings. The van der Waals surface area contributed by atoms with E-state index in [1.165, 1.54) is 0 Å². The molecule has 0 aliphatic heterocycles. The fraction of sp³-hybridized carbons (Fsp3) is 0.243. The second-order valence-corrected chi connectivity index (χ2v) is 11.9. The first-order valence-corrected chi connectivity index (χ1v) is 15.3. The normalized spacial score (nSPS) is 13.4. The molecule has 0 radical (unpaired) electrons. The third kappa shape index (κ3) is 8.50. The summed E-state index contributed by atoms with van der Waals surface area (Å²) in [7, 11) is 3.45. The number of alkyl halides is 6. The summed E-state index contributed by atoms with van der Waals surface area (Å²) in [6.45, 7) is -0.889. The molecule has 5 rings (SSSR count). The summed E-state index contributed by atoms with van der Waals surface area (Å²) >= 11 is 0. The topological polar surface area (TPSA) is 74.4 Å². The van der Waals surface area contributed by atoms with Crippen molar-refractivity contribution in [3.05, 3.63) is 143 Å². The number of halogens is 6. The lowest BCUT2D eigenvalue weighted by molar-refractivity contribution is -0.149. The minimum atomic E-state index is -5.07. The number of carbonyl (C=O) groups is 2. The standard InChI is InChI=1S/C37H33F6N3O3/c1-46(2)33(32(24-11-5-3-6-12-24)25-13-7-4-8-14-25)34(47)45-31(19-26-21-44-30-16-10-9-15-29(26)30)35(48)49-22-23-17-27(36(38,39)40)20-28(18-23)37(41,42)43/h3-18,20-21,31-33,44H,19,22H2,1-2H3,(H,45,47). The zero-order valence-corrected chi connectivity index (χ0v) is 26.5. The van der Waals surface area contributed by atoms with Gasteiger partial charge in [0.25, 0.3) is 0 Å². The Balaban J connectivity index is 1.47. The van der Waals surface area contributed by atoms with Crippen molar-refractivity contribution < 1.29 is 40.7 Å². The van der Waals surface area contributed by atoms with Crippen LogP contribution in [-0.2, 0) is 39.7 Å². The molecule has 1 aromatic heterocycles. The molecule has 1 heterocycles. The monoisotopic (exact) mass is 681 g/mol. The number of amides is 1. The molecule has 256 valence electrons. The number of para-hydroxylation sites is 1. The Morgan fingerprint density at radius 3 is 1.84 bits per heavy atom. The van der Waals surface area contributed by atoms with Gasteiger partial charge < -0.3 is 15.0 Å². The van der Waals surface area contributed by atoms with Crippen LogP contribution in [0.5, 0.6) is 0 Å². The molecule has 2 N–H and O–H groups in total. The minimum Gasteiger partial charge on any atom is -0.459 e. The lowest BCUT2D eigenvalue weighted by atomic mass is 9.84. The van der Waals surface area contributed by atoms with E-state index in [1.54, 1.807) is 31.3 Å². The number of fused-ring (bicyclic) bond motifs is 1. The average molecular weight is 682 g/mol. The van der Waals surface area contributed by atoms with Crippen LogP contribution >= 0.6 is 0 Å². The van der Waals surface area contributed by atoms with Gasteiger partial charge in [0.1, 0.15) is 12.6 Å². The molecule has 12 heteroatoms. The number of H-pyrrole nitrogens is 1. The molecule has 2 unspecified atom stereocenters. The summed E-state index contributed by atoms with van der Waals surface area (Å²) in [5, 5.41) is 3.56. The van der Waals surface area contributed by atoms with Gasteiger partial charge >= 0.3 is 18.3 Å². The van der Waals surface area contributed by atoms with Crippen molar-refractivity contribution in [1.82, 2.24) is 15.2 Å². The number of nitrogens with one attached hydrogen (secondary N) is 2. The molecule has 5 aromatic rings. The SMILES string of the molecule is CN(C)C(C(=O)NC(Cc1c[nH]c2ccccc12)C(=O)OCc1cc(C(F)(F)F)cc(C(F)(F)F)c1)C(c1ccccc1)c1ccccc1. The number of carbonyl (C=O) groups excluding carboxylic acids is 2. The minimum absolute atomic E-state index is 0.00262. The number of hydrogen-bond donors (Lipinski definition) is 2. The molecule has 0 bridgehead atoms. The van der Waals surface area contributed by atoms with Crippen LogP contribution in [-0.4, -0.2) is 47.9 Å². The van der Waals surface area contributed by atoms with E-state index >= 15 is 0 Å². The summed E-state index contributed by atoms with van der Waals surface area (Å²) in [6, 6.07) is 24.7. The summed E-state index contributed by atoms with van der Waals surface area (Å²) in [4.78, 5) is 32.7. The fourth-order valence-corrected chi connectivity index (χ4v) is 5.89. The Morgan fingerprint density at radius 1 is 0.776 bits per heavy atom. The van der Waals surface area contributed by atoms with Gasteiger partial charge in [-0.15, -0.1) is 0 Å². The number of nitrogens with zero attached hydrogens (tertiary/aromatic N) is 1. The van der Waals surface area contributed by atoms with Gasteiger partial charge in [0.2, 0.25) is 5.91 Å². The zero-order chi connectivity index (χ0) is 35.3. The maximum atomic E-state index is 14.2. The Labute approximate surface area is 278 Å². The molecule has 0 spiro atoms. The third-order valence-corrected chi connectivity index (χ3v) is 8.19. The molecule has 1 amide bonds. The van der Waals surface area contributed by atoms with Crippen molar-refractivity contribution in [2.75, 3.05) is 14.1 Å². The van der Waals surface area contributed by atoms with Gasteiger partial charge in [-0.05, 0) is 60.6 Å². The number of esters is 1. The average Bonchev–Trinajstić information content (AvgIpc) is 3.48. The third-order valence-electron chi connectivity index (χ3n) is 8.19. The molecular weight excluding hydrogens is 648 g/mol. The number of hydrogen-bond acceptors (Lipinski definition) is 4. The summed E-state index contributed by atoms with van der Waals surface area (Å²) in [5.74, 6) is -2.05. The van der Waals surface area contributed by atoms with Crippen molar-refractivity contribution in [3.63, 3.8) is 0 Å². The van der Waals surface area contributed by atoms with E-state index in [-0.39, 0.29) is 12.5 Å². The summed E-state index contributed by atoms with van der Waals surface area (Å²) < 4.78 is 86.2. The first-order chi connectivity index (χ1) is 23.2. The van der Waals surface area contributed by atoms with Crippen molar-refractivity contribution in [1.29, 1.82) is 0 Å². The molecule has 0 aliphatic carbocycles. The second kappa shape index (κ2) is 14.6. The van der Waals surface area contributed by atoms with E-state index in [2.05, 4.69) is 10.3 Å². The highest BCUT2D eigenvalue weighted by molar-refractivity contribution is 5.90. The van der Waals surface area contributed by atoms with E-state index in [4.69, 9.17) is 4.74 Å². The van der Waals surface area contributed by atoms with Crippen LogP contribution in [0.2, 0.25) is 0 Å². The van der Waals surface area contributed by atoms with Gasteiger partial charge in [-0.25, -0.2) is 4.79 Å². The van der Waals surface area contributed by atoms with Gasteiger partial charge in [-0.3, -0.25) is 9.69 Å². The molecular formula is C37H33F6N3O3. The maximum Gasteiger partial charge on any atom is 0.416 e. The number of benzene rings is 4. The first-order valence-electron chi connectivity index (χ1n) is 15.3. The number of rotatable bonds is 11. The van der Waals surface area contributed by atoms with Crippen LogP contribution < -0.4 is 5.32 Å². The molecule has 0 saturated carbocycles. The fourth-order valence-electron chi connectivity index (χ4n) is 5.89. The van der Waals surface area contributed by atoms with E-state index in [0.29, 0.717) is 17.7 Å². The largest absolute Gasteiger partial charge is 0.459 e. The van der Waals surface area contributed by atoms with Gasteiger partial charge in [0.05, 0.1) is 17.2 Å². The second-order valence-electron chi connectivity index (χ2n) is 11.9.